The number of hydrogen-bond donors (Lipinski definition) is 1. The van der Waals surface area contributed by atoms with Gasteiger partial charge in [0.25, 0.3) is 0 Å². The third-order valence-corrected chi connectivity index (χ3v) is 9.00. The fourth-order valence-electron chi connectivity index (χ4n) is 6.03. The molecule has 0 spiro atoms. The third kappa shape index (κ3) is 32.5. The van der Waals surface area contributed by atoms with Gasteiger partial charge in [-0.2, -0.15) is 0 Å². The van der Waals surface area contributed by atoms with Crippen LogP contribution in [0.1, 0.15) is 194 Å². The third-order valence-electron chi connectivity index (χ3n) is 9.00. The molecule has 0 aliphatic carbocycles. The molecule has 272 valence electrons. The number of aliphatic hydroxyl groups excluding tert-OH is 1. The quantitative estimate of drug-likeness (QED) is 0.0409. The van der Waals surface area contributed by atoms with Crippen LogP contribution in [0.5, 0.6) is 0 Å². The highest BCUT2D eigenvalue weighted by Gasteiger charge is 2.14. The molecule has 0 aromatic heterocycles. The Kier molecular flexibility index (Phi) is 35.3. The predicted octanol–water partition coefficient (Wildman–Crippen LogP) is 10.9. The van der Waals surface area contributed by atoms with Crippen molar-refractivity contribution in [2.75, 3.05) is 32.8 Å². The fraction of sp³-hybridized carbons (Fsp3) is 0.900. The number of carbonyl (C=O) groups is 2. The lowest BCUT2D eigenvalue weighted by Crippen LogP contribution is -2.29. The van der Waals surface area contributed by atoms with Gasteiger partial charge in [0.2, 0.25) is 0 Å². The van der Waals surface area contributed by atoms with Crippen molar-refractivity contribution in [1.82, 2.24) is 4.90 Å². The van der Waals surface area contributed by atoms with Gasteiger partial charge in [-0.3, -0.25) is 9.59 Å². The highest BCUT2D eigenvalue weighted by atomic mass is 16.5. The van der Waals surface area contributed by atoms with Gasteiger partial charge in [-0.25, -0.2) is 0 Å². The molecule has 0 aromatic carbocycles. The lowest BCUT2D eigenvalue weighted by Gasteiger charge is -2.21. The normalized spacial score (nSPS) is 12.0. The summed E-state index contributed by atoms with van der Waals surface area (Å²) in [6.45, 7) is 11.9. The maximum Gasteiger partial charge on any atom is 0.306 e. The van der Waals surface area contributed by atoms with E-state index in [9.17, 15) is 14.7 Å². The Morgan fingerprint density at radius 2 is 1.09 bits per heavy atom. The van der Waals surface area contributed by atoms with Crippen molar-refractivity contribution >= 4 is 11.9 Å². The van der Waals surface area contributed by atoms with Crippen LogP contribution in [0.2, 0.25) is 0 Å². The number of rotatable bonds is 37. The van der Waals surface area contributed by atoms with Gasteiger partial charge in [0.15, 0.2) is 0 Å². The van der Waals surface area contributed by atoms with Gasteiger partial charge in [-0.1, -0.05) is 116 Å². The van der Waals surface area contributed by atoms with E-state index in [1.54, 1.807) is 0 Å². The van der Waals surface area contributed by atoms with Crippen molar-refractivity contribution in [3.63, 3.8) is 0 Å². The van der Waals surface area contributed by atoms with Crippen molar-refractivity contribution in [3.8, 4) is 0 Å². The molecule has 0 saturated carbocycles. The van der Waals surface area contributed by atoms with Crippen LogP contribution in [0.4, 0.5) is 0 Å². The second-order valence-corrected chi connectivity index (χ2v) is 13.5. The largest absolute Gasteiger partial charge is 0.466 e. The first-order valence-electron chi connectivity index (χ1n) is 19.9. The van der Waals surface area contributed by atoms with E-state index in [-0.39, 0.29) is 24.6 Å². The summed E-state index contributed by atoms with van der Waals surface area (Å²) in [5.74, 6) is -0.0515. The number of allylic oxidation sites excluding steroid dienone is 1. The van der Waals surface area contributed by atoms with E-state index in [1.807, 2.05) is 6.08 Å². The van der Waals surface area contributed by atoms with Crippen molar-refractivity contribution in [2.45, 2.75) is 200 Å². The summed E-state index contributed by atoms with van der Waals surface area (Å²) < 4.78 is 11.3. The van der Waals surface area contributed by atoms with E-state index in [4.69, 9.17) is 9.47 Å². The van der Waals surface area contributed by atoms with E-state index < -0.39 is 0 Å². The molecule has 0 saturated heterocycles. The number of hydrogen-bond acceptors (Lipinski definition) is 6. The average Bonchev–Trinajstić information content (AvgIpc) is 3.05. The maximum atomic E-state index is 12.5. The number of esters is 2. The van der Waals surface area contributed by atoms with E-state index in [0.717, 1.165) is 122 Å². The predicted molar refractivity (Wildman–Crippen MR) is 195 cm³/mol. The Bertz CT molecular complexity index is 670. The van der Waals surface area contributed by atoms with E-state index in [0.29, 0.717) is 19.4 Å². The smallest absolute Gasteiger partial charge is 0.306 e. The molecule has 0 aliphatic heterocycles. The number of aliphatic hydroxyl groups is 1. The summed E-state index contributed by atoms with van der Waals surface area (Å²) in [5, 5.41) is 9.49. The van der Waals surface area contributed by atoms with Gasteiger partial charge in [-0.05, 0) is 83.7 Å². The molecule has 0 bridgehead atoms. The molecule has 0 heterocycles. The first-order chi connectivity index (χ1) is 22.6. The Labute approximate surface area is 285 Å². The fourth-order valence-corrected chi connectivity index (χ4v) is 6.03. The SMILES string of the molecule is C=CCCCCC(CCCCCC)OC(=O)CCCCCCCN(CCO)CCCCCCCC(=O)OCCCCCCCCC. The monoisotopic (exact) mass is 652 g/mol. The first-order valence-corrected chi connectivity index (χ1v) is 19.9. The van der Waals surface area contributed by atoms with Gasteiger partial charge in [0.1, 0.15) is 6.10 Å². The molecule has 6 heteroatoms. The van der Waals surface area contributed by atoms with Crippen LogP contribution in [0.15, 0.2) is 12.7 Å². The average molecular weight is 652 g/mol. The van der Waals surface area contributed by atoms with Gasteiger partial charge in [-0.15, -0.1) is 6.58 Å². The summed E-state index contributed by atoms with van der Waals surface area (Å²) in [5.41, 5.74) is 0. The highest BCUT2D eigenvalue weighted by Crippen LogP contribution is 2.17. The zero-order chi connectivity index (χ0) is 33.8. The summed E-state index contributed by atoms with van der Waals surface area (Å²) in [7, 11) is 0. The second-order valence-electron chi connectivity index (χ2n) is 13.5. The minimum Gasteiger partial charge on any atom is -0.466 e. The lowest BCUT2D eigenvalue weighted by molar-refractivity contribution is -0.150. The van der Waals surface area contributed by atoms with Crippen LogP contribution in [0.25, 0.3) is 0 Å². The zero-order valence-corrected chi connectivity index (χ0v) is 30.7. The number of ether oxygens (including phenoxy) is 2. The van der Waals surface area contributed by atoms with Crippen molar-refractivity contribution in [1.29, 1.82) is 0 Å². The van der Waals surface area contributed by atoms with E-state index in [1.165, 1.54) is 64.2 Å². The van der Waals surface area contributed by atoms with Gasteiger partial charge in [0, 0.05) is 19.4 Å². The molecule has 0 rings (SSSR count). The number of nitrogens with zero attached hydrogens (tertiary/aromatic N) is 1. The highest BCUT2D eigenvalue weighted by molar-refractivity contribution is 5.69. The molecular weight excluding hydrogens is 574 g/mol. The van der Waals surface area contributed by atoms with Crippen LogP contribution in [-0.4, -0.2) is 60.9 Å². The minimum atomic E-state index is -0.0349. The van der Waals surface area contributed by atoms with Crippen LogP contribution in [0, 0.1) is 0 Å². The Hall–Kier alpha value is -1.40. The molecule has 6 nitrogen and oxygen atoms in total. The van der Waals surface area contributed by atoms with Gasteiger partial charge in [0.05, 0.1) is 13.2 Å². The van der Waals surface area contributed by atoms with Crippen LogP contribution >= 0.6 is 0 Å². The number of unbranched alkanes of at least 4 members (excludes halogenated alkanes) is 19. The van der Waals surface area contributed by atoms with Gasteiger partial charge >= 0.3 is 11.9 Å². The summed E-state index contributed by atoms with van der Waals surface area (Å²) in [6, 6.07) is 0. The topological polar surface area (TPSA) is 76.1 Å². The molecule has 1 unspecified atom stereocenters. The molecule has 0 radical (unpaired) electrons. The Morgan fingerprint density at radius 3 is 1.65 bits per heavy atom. The first kappa shape index (κ1) is 44.6. The van der Waals surface area contributed by atoms with Crippen molar-refractivity contribution in [3.05, 3.63) is 12.7 Å². The maximum absolute atomic E-state index is 12.5. The minimum absolute atomic E-state index is 0.0166. The molecule has 0 amide bonds. The molecule has 0 aromatic rings. The zero-order valence-electron chi connectivity index (χ0n) is 30.7. The van der Waals surface area contributed by atoms with Crippen molar-refractivity contribution < 1.29 is 24.2 Å². The summed E-state index contributed by atoms with van der Waals surface area (Å²) >= 11 is 0. The second kappa shape index (κ2) is 36.4. The van der Waals surface area contributed by atoms with Crippen LogP contribution < -0.4 is 0 Å². The molecule has 1 N–H and O–H groups in total. The van der Waals surface area contributed by atoms with Crippen LogP contribution in [0.3, 0.4) is 0 Å². The van der Waals surface area contributed by atoms with Gasteiger partial charge < -0.3 is 19.5 Å². The molecular formula is C40H77NO5. The Morgan fingerprint density at radius 1 is 0.609 bits per heavy atom. The number of carbonyl (C=O) groups excluding carboxylic acids is 2. The Balaban J connectivity index is 3.84. The van der Waals surface area contributed by atoms with Crippen LogP contribution in [-0.2, 0) is 19.1 Å². The van der Waals surface area contributed by atoms with Crippen molar-refractivity contribution in [2.24, 2.45) is 0 Å². The van der Waals surface area contributed by atoms with E-state index in [2.05, 4.69) is 25.3 Å². The molecule has 46 heavy (non-hydrogen) atoms. The molecule has 0 aliphatic rings. The summed E-state index contributed by atoms with van der Waals surface area (Å²) in [4.78, 5) is 26.8. The summed E-state index contributed by atoms with van der Waals surface area (Å²) in [6.07, 6.45) is 32.8. The van der Waals surface area contributed by atoms with E-state index >= 15 is 0 Å². The lowest BCUT2D eigenvalue weighted by atomic mass is 10.0. The molecule has 1 atom stereocenters. The molecule has 0 fully saturated rings. The standard InChI is InChI=1S/C40H77NO5/c1-4-7-10-13-14-21-28-37-45-39(43)31-24-17-15-19-26-33-41(35-36-42)34-27-20-16-18-25-32-40(44)46-38(29-22-11-8-5-2)30-23-12-9-6-3/h5,38,42H,2,4,6-37H2,1,3H3.